The van der Waals surface area contributed by atoms with Crippen molar-refractivity contribution in [2.24, 2.45) is 0 Å². The molecule has 9 nitrogen and oxygen atoms in total. The second-order valence-corrected chi connectivity index (χ2v) is 13.0. The predicted molar refractivity (Wildman–Crippen MR) is 172 cm³/mol. The van der Waals surface area contributed by atoms with Crippen molar-refractivity contribution < 1.29 is 29.0 Å². The normalized spacial score (nSPS) is 17.0. The molecule has 1 aliphatic rings. The molecule has 3 aromatic carbocycles. The number of ether oxygens (including phenoxy) is 2. The number of carbonyl (C=O) groups is 3. The van der Waals surface area contributed by atoms with Crippen LogP contribution in [0.4, 0.5) is 0 Å². The lowest BCUT2D eigenvalue weighted by Crippen LogP contribution is -2.59. The molecule has 3 aromatic rings. The van der Waals surface area contributed by atoms with Gasteiger partial charge in [-0.05, 0) is 56.9 Å². The highest BCUT2D eigenvalue weighted by molar-refractivity contribution is 8.00. The van der Waals surface area contributed by atoms with Crippen LogP contribution >= 0.6 is 11.8 Å². The lowest BCUT2D eigenvalue weighted by molar-refractivity contribution is -0.148. The number of hydrogen-bond donors (Lipinski definition) is 3. The van der Waals surface area contributed by atoms with Gasteiger partial charge in [0, 0.05) is 16.9 Å². The summed E-state index contributed by atoms with van der Waals surface area (Å²) >= 11 is 1.46. The van der Waals surface area contributed by atoms with Crippen molar-refractivity contribution in [3.63, 3.8) is 0 Å². The van der Waals surface area contributed by atoms with Gasteiger partial charge < -0.3 is 30.1 Å². The number of aryl methyl sites for hydroxylation is 2. The highest BCUT2D eigenvalue weighted by atomic mass is 32.2. The number of thioether (sulfide) groups is 1. The van der Waals surface area contributed by atoms with Crippen LogP contribution in [0, 0.1) is 13.8 Å². The number of methoxy groups -OCH3 is 1. The molecule has 3 amide bonds. The predicted octanol–water partition coefficient (Wildman–Crippen LogP) is 3.78. The molecular weight excluding hydrogens is 578 g/mol. The summed E-state index contributed by atoms with van der Waals surface area (Å²) in [6, 6.07) is 20.6. The second kappa shape index (κ2) is 14.6. The Morgan fingerprint density at radius 3 is 2.34 bits per heavy atom. The molecular formula is C34H41N3O6S. The molecule has 1 aliphatic heterocycles. The van der Waals surface area contributed by atoms with E-state index in [1.807, 2.05) is 100 Å². The van der Waals surface area contributed by atoms with Crippen LogP contribution in [0.2, 0.25) is 0 Å². The minimum Gasteiger partial charge on any atom is -0.496 e. The van der Waals surface area contributed by atoms with E-state index < -0.39 is 34.7 Å². The molecule has 4 rings (SSSR count). The molecule has 44 heavy (non-hydrogen) atoms. The first-order chi connectivity index (χ1) is 21.0. The molecule has 0 bridgehead atoms. The van der Waals surface area contributed by atoms with Crippen molar-refractivity contribution in [2.45, 2.75) is 63.6 Å². The van der Waals surface area contributed by atoms with Gasteiger partial charge in [-0.25, -0.2) is 0 Å². The number of hydrogen-bond acceptors (Lipinski definition) is 7. The van der Waals surface area contributed by atoms with E-state index in [0.29, 0.717) is 11.5 Å². The zero-order valence-electron chi connectivity index (χ0n) is 25.8. The number of para-hydroxylation sites is 2. The quantitative estimate of drug-likeness (QED) is 0.283. The van der Waals surface area contributed by atoms with E-state index in [9.17, 15) is 19.5 Å². The molecule has 0 saturated carbocycles. The molecule has 10 heteroatoms. The number of amides is 3. The van der Waals surface area contributed by atoms with Gasteiger partial charge in [0.05, 0.1) is 19.0 Å². The Balaban J connectivity index is 1.49. The number of aliphatic hydroxyl groups excluding tert-OH is 1. The average molecular weight is 620 g/mol. The van der Waals surface area contributed by atoms with Gasteiger partial charge in [-0.15, -0.1) is 11.8 Å². The maximum Gasteiger partial charge on any atom is 0.258 e. The smallest absolute Gasteiger partial charge is 0.258 e. The van der Waals surface area contributed by atoms with Crippen LogP contribution in [0.15, 0.2) is 72.8 Å². The van der Waals surface area contributed by atoms with Crippen LogP contribution in [-0.2, 0) is 27.3 Å². The standard InChI is InChI=1S/C34H41N3O6S/c1-22-12-11-13-23(2)30(22)43-20-28(38)36-26(18-24-14-7-6-8-15-24)29(39)33(41)37-21-44-34(3,4)31(37)32(40)35-19-25-16-9-10-17-27(25)42-5/h6-17,26,29,31,39H,18-21H2,1-5H3,(H,35,40)(H,36,38)/t26-,29-,31+/m0/s1. The molecule has 0 radical (unpaired) electrons. The second-order valence-electron chi connectivity index (χ2n) is 11.4. The third kappa shape index (κ3) is 7.92. The summed E-state index contributed by atoms with van der Waals surface area (Å²) < 4.78 is 10.6. The number of aliphatic hydroxyl groups is 1. The van der Waals surface area contributed by atoms with E-state index in [0.717, 1.165) is 22.3 Å². The van der Waals surface area contributed by atoms with Gasteiger partial charge in [0.15, 0.2) is 12.7 Å². The van der Waals surface area contributed by atoms with Crippen molar-refractivity contribution >= 4 is 29.5 Å². The Bertz CT molecular complexity index is 1440. The summed E-state index contributed by atoms with van der Waals surface area (Å²) in [6.45, 7) is 7.55. The number of benzene rings is 3. The summed E-state index contributed by atoms with van der Waals surface area (Å²) in [5, 5.41) is 17.2. The number of carbonyl (C=O) groups excluding carboxylic acids is 3. The molecule has 1 heterocycles. The lowest BCUT2D eigenvalue weighted by Gasteiger charge is -2.33. The van der Waals surface area contributed by atoms with Gasteiger partial charge in [0.25, 0.3) is 11.8 Å². The molecule has 3 N–H and O–H groups in total. The highest BCUT2D eigenvalue weighted by Gasteiger charge is 2.49. The molecule has 0 spiro atoms. The summed E-state index contributed by atoms with van der Waals surface area (Å²) in [5.41, 5.74) is 3.44. The Labute approximate surface area is 263 Å². The molecule has 0 aromatic heterocycles. The zero-order chi connectivity index (χ0) is 31.9. The van der Waals surface area contributed by atoms with Gasteiger partial charge in [-0.3, -0.25) is 14.4 Å². The van der Waals surface area contributed by atoms with Gasteiger partial charge in [0.1, 0.15) is 17.5 Å². The van der Waals surface area contributed by atoms with Crippen molar-refractivity contribution in [3.05, 3.63) is 95.1 Å². The molecule has 3 atom stereocenters. The van der Waals surface area contributed by atoms with E-state index >= 15 is 0 Å². The Kier molecular flexibility index (Phi) is 10.9. The van der Waals surface area contributed by atoms with Gasteiger partial charge >= 0.3 is 0 Å². The largest absolute Gasteiger partial charge is 0.496 e. The SMILES string of the molecule is COc1ccccc1CNC(=O)[C@H]1N(C(=O)[C@@H](O)[C@H](Cc2ccccc2)NC(=O)COc2c(C)cccc2C)CSC1(C)C. The van der Waals surface area contributed by atoms with Crippen molar-refractivity contribution in [1.82, 2.24) is 15.5 Å². The number of nitrogens with one attached hydrogen (secondary N) is 2. The van der Waals surface area contributed by atoms with Crippen LogP contribution in [-0.4, -0.2) is 70.3 Å². The molecule has 1 saturated heterocycles. The Morgan fingerprint density at radius 1 is 1.00 bits per heavy atom. The van der Waals surface area contributed by atoms with Crippen molar-refractivity contribution in [2.75, 3.05) is 19.6 Å². The summed E-state index contributed by atoms with van der Waals surface area (Å²) in [6.07, 6.45) is -1.39. The third-order valence-corrected chi connectivity index (χ3v) is 9.13. The van der Waals surface area contributed by atoms with Crippen molar-refractivity contribution in [3.8, 4) is 11.5 Å². The minimum absolute atomic E-state index is 0.206. The maximum absolute atomic E-state index is 13.9. The summed E-state index contributed by atoms with van der Waals surface area (Å²) in [5.74, 6) is 0.0590. The van der Waals surface area contributed by atoms with Crippen LogP contribution in [0.5, 0.6) is 11.5 Å². The zero-order valence-corrected chi connectivity index (χ0v) is 26.6. The van der Waals surface area contributed by atoms with E-state index in [4.69, 9.17) is 9.47 Å². The summed E-state index contributed by atoms with van der Waals surface area (Å²) in [4.78, 5) is 41.9. The summed E-state index contributed by atoms with van der Waals surface area (Å²) in [7, 11) is 1.57. The number of nitrogens with zero attached hydrogens (tertiary/aromatic N) is 1. The van der Waals surface area contributed by atoms with Crippen LogP contribution in [0.3, 0.4) is 0 Å². The van der Waals surface area contributed by atoms with Gasteiger partial charge in [-0.1, -0.05) is 66.7 Å². The minimum atomic E-state index is -1.60. The monoisotopic (exact) mass is 619 g/mol. The fraction of sp³-hybridized carbons (Fsp3) is 0.382. The van der Waals surface area contributed by atoms with E-state index in [1.165, 1.54) is 16.7 Å². The van der Waals surface area contributed by atoms with E-state index in [2.05, 4.69) is 10.6 Å². The van der Waals surface area contributed by atoms with Gasteiger partial charge in [0.2, 0.25) is 5.91 Å². The molecule has 1 fully saturated rings. The Morgan fingerprint density at radius 2 is 1.66 bits per heavy atom. The number of rotatable bonds is 12. The topological polar surface area (TPSA) is 117 Å². The third-order valence-electron chi connectivity index (χ3n) is 7.76. The van der Waals surface area contributed by atoms with Crippen LogP contribution < -0.4 is 20.1 Å². The fourth-order valence-corrected chi connectivity index (χ4v) is 6.55. The first-order valence-corrected chi connectivity index (χ1v) is 15.5. The van der Waals surface area contributed by atoms with E-state index in [-0.39, 0.29) is 31.4 Å². The Hall–Kier alpha value is -4.02. The molecule has 0 unspecified atom stereocenters. The van der Waals surface area contributed by atoms with Crippen LogP contribution in [0.25, 0.3) is 0 Å². The fourth-order valence-electron chi connectivity index (χ4n) is 5.41. The first kappa shape index (κ1) is 32.9. The lowest BCUT2D eigenvalue weighted by atomic mass is 9.97. The van der Waals surface area contributed by atoms with Crippen molar-refractivity contribution in [1.29, 1.82) is 0 Å². The van der Waals surface area contributed by atoms with Crippen LogP contribution in [0.1, 0.15) is 36.1 Å². The van der Waals surface area contributed by atoms with E-state index in [1.54, 1.807) is 7.11 Å². The highest BCUT2D eigenvalue weighted by Crippen LogP contribution is 2.40. The average Bonchev–Trinajstić information content (AvgIpc) is 3.33. The molecule has 234 valence electrons. The molecule has 0 aliphatic carbocycles. The maximum atomic E-state index is 13.9. The van der Waals surface area contributed by atoms with Gasteiger partial charge in [-0.2, -0.15) is 0 Å². The first-order valence-electron chi connectivity index (χ1n) is 14.6.